The molecule has 0 fully saturated rings. The molecule has 0 saturated heterocycles. The summed E-state index contributed by atoms with van der Waals surface area (Å²) in [7, 11) is 0. The third-order valence-electron chi connectivity index (χ3n) is 5.79. The first-order valence-electron chi connectivity index (χ1n) is 12.0. The topological polar surface area (TPSA) is 290 Å². The maximum atomic E-state index is 13.1. The third kappa shape index (κ3) is 9.39. The Balaban J connectivity index is 2.21. The Morgan fingerprint density at radius 3 is 1.98 bits per heavy atom. The highest BCUT2D eigenvalue weighted by atomic mass is 16.4. The number of nitrogens with one attached hydrogen (secondary N) is 4. The molecule has 16 heteroatoms. The molecule has 1 heterocycles. The summed E-state index contributed by atoms with van der Waals surface area (Å²) < 4.78 is 0. The zero-order chi connectivity index (χ0) is 30.0. The van der Waals surface area contributed by atoms with Crippen molar-refractivity contribution in [3.8, 4) is 0 Å². The Kier molecular flexibility index (Phi) is 11.1. The van der Waals surface area contributed by atoms with Crippen molar-refractivity contribution in [2.24, 2.45) is 17.2 Å². The zero-order valence-electron chi connectivity index (χ0n) is 21.2. The summed E-state index contributed by atoms with van der Waals surface area (Å²) in [5.41, 5.74) is 17.0. The van der Waals surface area contributed by atoms with E-state index in [1.165, 1.54) is 0 Å². The number of aliphatic carboxylic acids is 2. The average molecular weight is 562 g/mol. The fraction of sp³-hybridized carbons (Fsp3) is 0.375. The minimum atomic E-state index is -1.65. The number of carbonyl (C=O) groups excluding carboxylic acids is 5. The lowest BCUT2D eigenvalue weighted by molar-refractivity contribution is -0.143. The van der Waals surface area contributed by atoms with Gasteiger partial charge in [0.1, 0.15) is 18.1 Å². The number of nitrogens with two attached hydrogens (primary N) is 3. The van der Waals surface area contributed by atoms with Crippen LogP contribution in [0.1, 0.15) is 31.2 Å². The van der Waals surface area contributed by atoms with Gasteiger partial charge in [0, 0.05) is 29.9 Å². The number of primary amides is 2. The van der Waals surface area contributed by atoms with Gasteiger partial charge < -0.3 is 48.3 Å². The van der Waals surface area contributed by atoms with E-state index in [1.54, 1.807) is 30.5 Å². The molecule has 2 aromatic rings. The number of hydrogen-bond acceptors (Lipinski definition) is 8. The molecule has 16 nitrogen and oxygen atoms in total. The molecule has 4 atom stereocenters. The van der Waals surface area contributed by atoms with Crippen molar-refractivity contribution in [3.05, 3.63) is 36.0 Å². The number of H-pyrrole nitrogens is 1. The van der Waals surface area contributed by atoms with Crippen LogP contribution in [0.2, 0.25) is 0 Å². The van der Waals surface area contributed by atoms with Crippen LogP contribution in [0, 0.1) is 0 Å². The Morgan fingerprint density at radius 2 is 1.38 bits per heavy atom. The van der Waals surface area contributed by atoms with Gasteiger partial charge in [-0.1, -0.05) is 18.2 Å². The molecule has 216 valence electrons. The van der Waals surface area contributed by atoms with Gasteiger partial charge in [0.2, 0.25) is 29.5 Å². The standard InChI is InChI=1S/C24H31N7O9/c25-13(8-18(26)32)21(36)30-16(9-19(27)33)23(38)29-15(5-6-20(34)35)22(37)31-17(24(39)40)7-11-10-28-14-4-2-1-3-12(11)14/h1-4,10,13,15-17,28H,5-9,25H2,(H2,26,32)(H2,27,33)(H,29,38)(H,30,36)(H,31,37)(H,34,35)(H,39,40). The van der Waals surface area contributed by atoms with Crippen molar-refractivity contribution in [1.82, 2.24) is 20.9 Å². The molecule has 0 radical (unpaired) electrons. The second-order valence-electron chi connectivity index (χ2n) is 8.97. The first kappa shape index (κ1) is 31.2. The Labute approximate surface area is 227 Å². The number of amides is 5. The summed E-state index contributed by atoms with van der Waals surface area (Å²) in [5.74, 6) is -7.74. The van der Waals surface area contributed by atoms with Gasteiger partial charge in [0.25, 0.3) is 0 Å². The van der Waals surface area contributed by atoms with Crippen LogP contribution in [-0.4, -0.2) is 80.8 Å². The summed E-state index contributed by atoms with van der Waals surface area (Å²) >= 11 is 0. The van der Waals surface area contributed by atoms with Gasteiger partial charge in [-0.25, -0.2) is 4.79 Å². The largest absolute Gasteiger partial charge is 0.481 e. The summed E-state index contributed by atoms with van der Waals surface area (Å²) in [6, 6.07) is 0.969. The van der Waals surface area contributed by atoms with Gasteiger partial charge in [-0.3, -0.25) is 28.8 Å². The molecule has 0 aliphatic carbocycles. The van der Waals surface area contributed by atoms with Crippen molar-refractivity contribution < 1.29 is 43.8 Å². The van der Waals surface area contributed by atoms with Crippen LogP contribution in [0.5, 0.6) is 0 Å². The molecule has 0 saturated carbocycles. The zero-order valence-corrected chi connectivity index (χ0v) is 21.2. The van der Waals surface area contributed by atoms with Crippen molar-refractivity contribution in [1.29, 1.82) is 0 Å². The highest BCUT2D eigenvalue weighted by Gasteiger charge is 2.32. The van der Waals surface area contributed by atoms with Gasteiger partial charge in [-0.2, -0.15) is 0 Å². The molecule has 0 bridgehead atoms. The Morgan fingerprint density at radius 1 is 0.800 bits per heavy atom. The number of carbonyl (C=O) groups is 7. The van der Waals surface area contributed by atoms with E-state index < -0.39 is 91.3 Å². The SMILES string of the molecule is NC(=O)CC(N)C(=O)NC(CC(N)=O)C(=O)NC(CCC(=O)O)C(=O)NC(Cc1c[nH]c2ccccc12)C(=O)O. The Bertz CT molecular complexity index is 1290. The minimum Gasteiger partial charge on any atom is -0.481 e. The quantitative estimate of drug-likeness (QED) is 0.101. The second kappa shape index (κ2) is 14.2. The molecule has 0 aliphatic rings. The number of hydrogen-bond donors (Lipinski definition) is 9. The number of carboxylic acids is 2. The van der Waals surface area contributed by atoms with Crippen LogP contribution in [-0.2, 0) is 40.0 Å². The van der Waals surface area contributed by atoms with Crippen LogP contribution < -0.4 is 33.2 Å². The maximum absolute atomic E-state index is 13.1. The van der Waals surface area contributed by atoms with Gasteiger partial charge in [0.05, 0.1) is 18.9 Å². The van der Waals surface area contributed by atoms with E-state index in [4.69, 9.17) is 22.3 Å². The van der Waals surface area contributed by atoms with Gasteiger partial charge in [-0.05, 0) is 18.1 Å². The van der Waals surface area contributed by atoms with E-state index >= 15 is 0 Å². The predicted octanol–water partition coefficient (Wildman–Crippen LogP) is -2.81. The highest BCUT2D eigenvalue weighted by Crippen LogP contribution is 2.19. The lowest BCUT2D eigenvalue weighted by atomic mass is 10.0. The molecule has 0 aliphatic heterocycles. The van der Waals surface area contributed by atoms with Crippen molar-refractivity contribution >= 4 is 52.4 Å². The molecular formula is C24H31N7O9. The molecule has 2 rings (SSSR count). The Hall–Kier alpha value is -4.99. The van der Waals surface area contributed by atoms with Crippen LogP contribution in [0.4, 0.5) is 0 Å². The fourth-order valence-electron chi connectivity index (χ4n) is 3.80. The third-order valence-corrected chi connectivity index (χ3v) is 5.79. The summed E-state index contributed by atoms with van der Waals surface area (Å²) in [5, 5.41) is 26.2. The van der Waals surface area contributed by atoms with Gasteiger partial charge in [0.15, 0.2) is 0 Å². The summed E-state index contributed by atoms with van der Waals surface area (Å²) in [6.45, 7) is 0. The van der Waals surface area contributed by atoms with E-state index in [0.717, 1.165) is 10.9 Å². The number of carboxylic acid groups (broad SMARTS) is 2. The molecule has 5 amide bonds. The minimum absolute atomic E-state index is 0.136. The smallest absolute Gasteiger partial charge is 0.326 e. The lowest BCUT2D eigenvalue weighted by Gasteiger charge is -2.24. The monoisotopic (exact) mass is 561 g/mol. The highest BCUT2D eigenvalue weighted by molar-refractivity contribution is 5.97. The molecule has 12 N–H and O–H groups in total. The molecular weight excluding hydrogens is 530 g/mol. The number of benzene rings is 1. The second-order valence-corrected chi connectivity index (χ2v) is 8.97. The molecule has 1 aromatic heterocycles. The van der Waals surface area contributed by atoms with Crippen molar-refractivity contribution in [3.63, 3.8) is 0 Å². The van der Waals surface area contributed by atoms with E-state index in [-0.39, 0.29) is 6.42 Å². The average Bonchev–Trinajstić information content (AvgIpc) is 3.27. The van der Waals surface area contributed by atoms with Crippen LogP contribution in [0.25, 0.3) is 10.9 Å². The normalized spacial score (nSPS) is 13.8. The molecule has 4 unspecified atom stereocenters. The van der Waals surface area contributed by atoms with Crippen LogP contribution in [0.15, 0.2) is 30.5 Å². The number of aromatic nitrogens is 1. The van der Waals surface area contributed by atoms with E-state index in [0.29, 0.717) is 5.56 Å². The van der Waals surface area contributed by atoms with E-state index in [1.807, 2.05) is 0 Å². The van der Waals surface area contributed by atoms with E-state index in [2.05, 4.69) is 20.9 Å². The fourth-order valence-corrected chi connectivity index (χ4v) is 3.80. The molecule has 0 spiro atoms. The summed E-state index contributed by atoms with van der Waals surface area (Å²) in [6.07, 6.45) is -0.876. The maximum Gasteiger partial charge on any atom is 0.326 e. The van der Waals surface area contributed by atoms with Crippen molar-refractivity contribution in [2.75, 3.05) is 0 Å². The van der Waals surface area contributed by atoms with Crippen LogP contribution >= 0.6 is 0 Å². The van der Waals surface area contributed by atoms with Gasteiger partial charge >= 0.3 is 11.9 Å². The van der Waals surface area contributed by atoms with Crippen LogP contribution in [0.3, 0.4) is 0 Å². The molecule has 1 aromatic carbocycles. The lowest BCUT2D eigenvalue weighted by Crippen LogP contribution is -2.58. The first-order valence-corrected chi connectivity index (χ1v) is 12.0. The number of aromatic amines is 1. The van der Waals surface area contributed by atoms with E-state index in [9.17, 15) is 38.7 Å². The van der Waals surface area contributed by atoms with Gasteiger partial charge in [-0.15, -0.1) is 0 Å². The van der Waals surface area contributed by atoms with Crippen molar-refractivity contribution in [2.45, 2.75) is 56.3 Å². The molecule has 40 heavy (non-hydrogen) atoms. The number of para-hydroxylation sites is 1. The number of rotatable bonds is 16. The first-order chi connectivity index (χ1) is 18.8. The predicted molar refractivity (Wildman–Crippen MR) is 138 cm³/mol. The number of fused-ring (bicyclic) bond motifs is 1. The summed E-state index contributed by atoms with van der Waals surface area (Å²) in [4.78, 5) is 86.9.